The molecule has 0 radical (unpaired) electrons. The molecular formula is C12H6ClF4N3O. The predicted molar refractivity (Wildman–Crippen MR) is 66.2 cm³/mol. The highest BCUT2D eigenvalue weighted by Crippen LogP contribution is 2.41. The highest BCUT2D eigenvalue weighted by atomic mass is 35.5. The first-order chi connectivity index (χ1) is 9.80. The summed E-state index contributed by atoms with van der Waals surface area (Å²) >= 11 is 5.76. The Hall–Kier alpha value is -2.09. The Bertz CT molecular complexity index is 837. The van der Waals surface area contributed by atoms with Crippen LogP contribution in [0.2, 0.25) is 5.02 Å². The summed E-state index contributed by atoms with van der Waals surface area (Å²) in [7, 11) is 1.08. The zero-order valence-electron chi connectivity index (χ0n) is 10.4. The molecule has 2 aromatic heterocycles. The van der Waals surface area contributed by atoms with Crippen molar-refractivity contribution in [2.75, 3.05) is 0 Å². The number of oxazole rings is 1. The summed E-state index contributed by atoms with van der Waals surface area (Å²) in [5.74, 6) is -0.798. The highest BCUT2D eigenvalue weighted by molar-refractivity contribution is 6.34. The van der Waals surface area contributed by atoms with Gasteiger partial charge in [-0.2, -0.15) is 18.3 Å². The van der Waals surface area contributed by atoms with Gasteiger partial charge < -0.3 is 4.42 Å². The first-order valence-corrected chi connectivity index (χ1v) is 6.00. The number of nitrogens with zero attached hydrogens (tertiary/aromatic N) is 3. The number of halogens is 5. The molecule has 0 bridgehead atoms. The van der Waals surface area contributed by atoms with Crippen LogP contribution in [0.5, 0.6) is 0 Å². The van der Waals surface area contributed by atoms with Crippen molar-refractivity contribution < 1.29 is 22.0 Å². The van der Waals surface area contributed by atoms with Crippen LogP contribution in [0.1, 0.15) is 5.69 Å². The topological polar surface area (TPSA) is 43.9 Å². The summed E-state index contributed by atoms with van der Waals surface area (Å²) in [5, 5.41) is 2.99. The summed E-state index contributed by atoms with van der Waals surface area (Å²) in [6, 6.07) is 2.41. The fraction of sp³-hybridized carbons (Fsp3) is 0.167. The van der Waals surface area contributed by atoms with Crippen LogP contribution in [0.4, 0.5) is 17.6 Å². The second-order valence-corrected chi connectivity index (χ2v) is 4.63. The van der Waals surface area contributed by atoms with E-state index in [-0.39, 0.29) is 16.8 Å². The Morgan fingerprint density at radius 2 is 2.00 bits per heavy atom. The monoisotopic (exact) mass is 319 g/mol. The van der Waals surface area contributed by atoms with Crippen LogP contribution in [0.25, 0.3) is 22.4 Å². The van der Waals surface area contributed by atoms with Crippen molar-refractivity contribution in [3.05, 3.63) is 35.1 Å². The second kappa shape index (κ2) is 4.45. The van der Waals surface area contributed by atoms with Crippen LogP contribution in [-0.4, -0.2) is 14.8 Å². The van der Waals surface area contributed by atoms with Gasteiger partial charge in [0.25, 0.3) is 0 Å². The van der Waals surface area contributed by atoms with Crippen LogP contribution in [0.15, 0.2) is 22.9 Å². The normalized spacial score (nSPS) is 12.3. The van der Waals surface area contributed by atoms with Crippen molar-refractivity contribution in [1.82, 2.24) is 14.8 Å². The van der Waals surface area contributed by atoms with E-state index in [1.54, 1.807) is 0 Å². The Balaban J connectivity index is 2.35. The molecule has 0 amide bonds. The lowest BCUT2D eigenvalue weighted by Crippen LogP contribution is -2.12. The molecule has 3 rings (SSSR count). The van der Waals surface area contributed by atoms with Gasteiger partial charge in [0.15, 0.2) is 17.7 Å². The molecule has 0 aliphatic carbocycles. The quantitative estimate of drug-likeness (QED) is 0.636. The third-order valence-corrected chi connectivity index (χ3v) is 3.30. The average molecular weight is 320 g/mol. The lowest BCUT2D eigenvalue weighted by molar-refractivity contribution is -0.143. The van der Waals surface area contributed by atoms with Gasteiger partial charge in [-0.15, -0.1) is 0 Å². The third-order valence-electron chi connectivity index (χ3n) is 2.94. The van der Waals surface area contributed by atoms with Crippen LogP contribution < -0.4 is 0 Å². The minimum absolute atomic E-state index is 0.0104. The number of fused-ring (bicyclic) bond motifs is 1. The summed E-state index contributed by atoms with van der Waals surface area (Å²) in [4.78, 5) is 3.82. The maximum absolute atomic E-state index is 14.0. The molecular weight excluding hydrogens is 314 g/mol. The number of hydrogen-bond acceptors (Lipinski definition) is 3. The van der Waals surface area contributed by atoms with Crippen LogP contribution in [-0.2, 0) is 13.2 Å². The van der Waals surface area contributed by atoms with E-state index in [0.29, 0.717) is 10.2 Å². The van der Waals surface area contributed by atoms with E-state index in [9.17, 15) is 17.6 Å². The van der Waals surface area contributed by atoms with Crippen molar-refractivity contribution in [3.63, 3.8) is 0 Å². The number of benzene rings is 1. The van der Waals surface area contributed by atoms with Gasteiger partial charge in [-0.3, -0.25) is 4.68 Å². The standard InChI is InChI=1S/C12H6ClF4N3O/c1-20-11(12(15,16)17)8(13)9(19-20)7-5(14)2-3-6-10(7)21-4-18-6/h2-4H,1H3. The molecule has 9 heteroatoms. The molecule has 4 nitrogen and oxygen atoms in total. The van der Waals surface area contributed by atoms with E-state index in [2.05, 4.69) is 10.1 Å². The fourth-order valence-electron chi connectivity index (χ4n) is 2.09. The maximum atomic E-state index is 14.0. The SMILES string of the molecule is Cn1nc(-c2c(F)ccc3ncoc23)c(Cl)c1C(F)(F)F. The summed E-state index contributed by atoms with van der Waals surface area (Å²) < 4.78 is 58.4. The minimum Gasteiger partial charge on any atom is -0.443 e. The molecule has 0 N–H and O–H groups in total. The summed E-state index contributed by atoms with van der Waals surface area (Å²) in [6.07, 6.45) is -3.64. The molecule has 0 unspecified atom stereocenters. The van der Waals surface area contributed by atoms with E-state index >= 15 is 0 Å². The first-order valence-electron chi connectivity index (χ1n) is 5.62. The van der Waals surface area contributed by atoms with Crippen molar-refractivity contribution in [2.45, 2.75) is 6.18 Å². The zero-order valence-corrected chi connectivity index (χ0v) is 11.1. The molecule has 110 valence electrons. The van der Waals surface area contributed by atoms with Crippen molar-refractivity contribution in [2.24, 2.45) is 7.05 Å². The molecule has 1 aromatic carbocycles. The number of hydrogen-bond donors (Lipinski definition) is 0. The summed E-state index contributed by atoms with van der Waals surface area (Å²) in [6.45, 7) is 0. The van der Waals surface area contributed by atoms with Crippen molar-refractivity contribution in [1.29, 1.82) is 0 Å². The number of alkyl halides is 3. The molecule has 0 aliphatic rings. The molecule has 0 saturated heterocycles. The van der Waals surface area contributed by atoms with Crippen molar-refractivity contribution in [3.8, 4) is 11.3 Å². The number of rotatable bonds is 1. The van der Waals surface area contributed by atoms with Gasteiger partial charge in [-0.05, 0) is 12.1 Å². The third kappa shape index (κ3) is 2.06. The highest BCUT2D eigenvalue weighted by Gasteiger charge is 2.39. The lowest BCUT2D eigenvalue weighted by atomic mass is 10.1. The van der Waals surface area contributed by atoms with Gasteiger partial charge in [0.05, 0.1) is 10.6 Å². The predicted octanol–water partition coefficient (Wildman–Crippen LogP) is 4.04. The van der Waals surface area contributed by atoms with Gasteiger partial charge in [0.2, 0.25) is 0 Å². The van der Waals surface area contributed by atoms with E-state index < -0.39 is 22.7 Å². The van der Waals surface area contributed by atoms with Gasteiger partial charge in [0, 0.05) is 7.05 Å². The van der Waals surface area contributed by atoms with Gasteiger partial charge in [-0.1, -0.05) is 11.6 Å². The Kier molecular flexibility index (Phi) is 2.94. The lowest BCUT2D eigenvalue weighted by Gasteiger charge is -2.06. The Labute approximate surface area is 119 Å². The Morgan fingerprint density at radius 1 is 1.29 bits per heavy atom. The minimum atomic E-state index is -4.71. The second-order valence-electron chi connectivity index (χ2n) is 4.26. The Morgan fingerprint density at radius 3 is 2.62 bits per heavy atom. The van der Waals surface area contributed by atoms with Gasteiger partial charge in [0.1, 0.15) is 17.0 Å². The van der Waals surface area contributed by atoms with Crippen LogP contribution in [0, 0.1) is 5.82 Å². The molecule has 21 heavy (non-hydrogen) atoms. The molecule has 0 aliphatic heterocycles. The molecule has 0 spiro atoms. The van der Waals surface area contributed by atoms with Gasteiger partial charge in [-0.25, -0.2) is 9.37 Å². The van der Waals surface area contributed by atoms with E-state index in [4.69, 9.17) is 16.0 Å². The average Bonchev–Trinajstić information content (AvgIpc) is 2.93. The van der Waals surface area contributed by atoms with Gasteiger partial charge >= 0.3 is 6.18 Å². The van der Waals surface area contributed by atoms with Crippen molar-refractivity contribution >= 4 is 22.7 Å². The molecule has 0 saturated carbocycles. The van der Waals surface area contributed by atoms with E-state index in [1.807, 2.05) is 0 Å². The molecule has 3 aromatic rings. The largest absolute Gasteiger partial charge is 0.443 e. The maximum Gasteiger partial charge on any atom is 0.434 e. The van der Waals surface area contributed by atoms with Crippen LogP contribution in [0.3, 0.4) is 0 Å². The first kappa shape index (κ1) is 13.9. The van der Waals surface area contributed by atoms with E-state index in [0.717, 1.165) is 19.5 Å². The number of aryl methyl sites for hydroxylation is 1. The fourth-order valence-corrected chi connectivity index (χ4v) is 2.45. The zero-order chi connectivity index (χ0) is 15.4. The summed E-state index contributed by atoms with van der Waals surface area (Å²) in [5.41, 5.74) is -1.46. The molecule has 2 heterocycles. The molecule has 0 fully saturated rings. The number of aromatic nitrogens is 3. The van der Waals surface area contributed by atoms with Crippen LogP contribution >= 0.6 is 11.6 Å². The van der Waals surface area contributed by atoms with E-state index in [1.165, 1.54) is 6.07 Å². The smallest absolute Gasteiger partial charge is 0.434 e. The molecule has 0 atom stereocenters.